The number of thioether (sulfide) groups is 1. The second-order valence-corrected chi connectivity index (χ2v) is 6.01. The van der Waals surface area contributed by atoms with Crippen molar-refractivity contribution in [3.05, 3.63) is 11.9 Å². The van der Waals surface area contributed by atoms with Gasteiger partial charge >= 0.3 is 0 Å². The summed E-state index contributed by atoms with van der Waals surface area (Å²) < 4.78 is 10.5. The van der Waals surface area contributed by atoms with Gasteiger partial charge in [0.25, 0.3) is 0 Å². The van der Waals surface area contributed by atoms with Crippen molar-refractivity contribution in [2.45, 2.75) is 25.8 Å². The van der Waals surface area contributed by atoms with Crippen molar-refractivity contribution in [2.75, 3.05) is 32.3 Å². The van der Waals surface area contributed by atoms with Crippen LogP contribution in [-0.4, -0.2) is 42.2 Å². The molecule has 1 aromatic heterocycles. The number of hydrogen-bond donors (Lipinski definition) is 1. The quantitative estimate of drug-likeness (QED) is 0.833. The van der Waals surface area contributed by atoms with Gasteiger partial charge in [-0.25, -0.2) is 4.98 Å². The summed E-state index contributed by atoms with van der Waals surface area (Å²) in [6.45, 7) is 3.15. The number of hydrogen-bond acceptors (Lipinski definition) is 6. The second kappa shape index (κ2) is 7.69. The van der Waals surface area contributed by atoms with Crippen LogP contribution in [0.15, 0.2) is 6.20 Å². The average Bonchev–Trinajstić information content (AvgIpc) is 3.02. The van der Waals surface area contributed by atoms with Crippen LogP contribution in [0.25, 0.3) is 0 Å². The summed E-state index contributed by atoms with van der Waals surface area (Å²) in [5.74, 6) is 4.03. The van der Waals surface area contributed by atoms with Crippen molar-refractivity contribution >= 4 is 11.8 Å². The molecule has 112 valence electrons. The maximum Gasteiger partial charge on any atom is 0.240 e. The van der Waals surface area contributed by atoms with Crippen LogP contribution in [0.4, 0.5) is 0 Å². The molecule has 2 rings (SSSR count). The third-order valence-electron chi connectivity index (χ3n) is 3.49. The highest BCUT2D eigenvalue weighted by molar-refractivity contribution is 7.99. The highest BCUT2D eigenvalue weighted by atomic mass is 32.2. The van der Waals surface area contributed by atoms with Crippen molar-refractivity contribution in [3.8, 4) is 11.8 Å². The molecule has 6 heteroatoms. The van der Waals surface area contributed by atoms with Crippen LogP contribution >= 0.6 is 11.8 Å². The molecule has 20 heavy (non-hydrogen) atoms. The summed E-state index contributed by atoms with van der Waals surface area (Å²) in [6, 6.07) is 0.207. The minimum atomic E-state index is 0.207. The number of aromatic nitrogens is 2. The molecule has 0 bridgehead atoms. The van der Waals surface area contributed by atoms with E-state index in [1.807, 2.05) is 11.8 Å². The van der Waals surface area contributed by atoms with E-state index < -0.39 is 0 Å². The SMILES string of the molecule is CCCNC(c1ncc(OC)nc1OC)C1CCSC1. The molecule has 0 aliphatic carbocycles. The van der Waals surface area contributed by atoms with Gasteiger partial charge in [0.05, 0.1) is 26.5 Å². The zero-order valence-corrected chi connectivity index (χ0v) is 13.2. The third kappa shape index (κ3) is 3.55. The van der Waals surface area contributed by atoms with Crippen LogP contribution in [0.5, 0.6) is 11.8 Å². The molecule has 1 aromatic rings. The van der Waals surface area contributed by atoms with Crippen LogP contribution in [0.1, 0.15) is 31.5 Å². The van der Waals surface area contributed by atoms with Crippen molar-refractivity contribution < 1.29 is 9.47 Å². The van der Waals surface area contributed by atoms with Crippen LogP contribution in [0.3, 0.4) is 0 Å². The van der Waals surface area contributed by atoms with Crippen LogP contribution < -0.4 is 14.8 Å². The first-order valence-corrected chi connectivity index (χ1v) is 8.21. The van der Waals surface area contributed by atoms with Crippen LogP contribution in [0, 0.1) is 5.92 Å². The molecule has 1 N–H and O–H groups in total. The Morgan fingerprint density at radius 3 is 2.90 bits per heavy atom. The fourth-order valence-corrected chi connectivity index (χ4v) is 3.73. The molecular weight excluding hydrogens is 274 g/mol. The number of methoxy groups -OCH3 is 2. The molecule has 2 heterocycles. The largest absolute Gasteiger partial charge is 0.480 e. The van der Waals surface area contributed by atoms with Gasteiger partial charge in [-0.15, -0.1) is 0 Å². The fourth-order valence-electron chi connectivity index (χ4n) is 2.43. The van der Waals surface area contributed by atoms with Gasteiger partial charge < -0.3 is 14.8 Å². The van der Waals surface area contributed by atoms with Gasteiger partial charge in [0.1, 0.15) is 5.69 Å². The molecule has 1 fully saturated rings. The Hall–Kier alpha value is -1.01. The summed E-state index contributed by atoms with van der Waals surface area (Å²) in [6.07, 6.45) is 3.98. The standard InChI is InChI=1S/C14H23N3O2S/c1-4-6-15-12(10-5-7-20-9-10)13-14(19-3)17-11(18-2)8-16-13/h8,10,12,15H,4-7,9H2,1-3H3. The van der Waals surface area contributed by atoms with Gasteiger partial charge in [-0.2, -0.15) is 16.7 Å². The Labute approximate surface area is 124 Å². The van der Waals surface area contributed by atoms with E-state index >= 15 is 0 Å². The number of nitrogens with zero attached hydrogens (tertiary/aromatic N) is 2. The molecule has 0 radical (unpaired) electrons. The minimum Gasteiger partial charge on any atom is -0.480 e. The third-order valence-corrected chi connectivity index (χ3v) is 4.68. The normalized spacial score (nSPS) is 19.9. The lowest BCUT2D eigenvalue weighted by Crippen LogP contribution is -2.30. The lowest BCUT2D eigenvalue weighted by Gasteiger charge is -2.24. The Balaban J connectivity index is 2.26. The number of ether oxygens (including phenoxy) is 2. The summed E-state index contributed by atoms with van der Waals surface area (Å²) >= 11 is 2.01. The molecule has 0 amide bonds. The van der Waals surface area contributed by atoms with E-state index in [4.69, 9.17) is 9.47 Å². The molecular formula is C14H23N3O2S. The van der Waals surface area contributed by atoms with E-state index in [1.54, 1.807) is 20.4 Å². The van der Waals surface area contributed by atoms with E-state index in [2.05, 4.69) is 22.2 Å². The van der Waals surface area contributed by atoms with Gasteiger partial charge in [0.2, 0.25) is 11.8 Å². The van der Waals surface area contributed by atoms with Gasteiger partial charge in [-0.3, -0.25) is 0 Å². The first-order chi connectivity index (χ1) is 9.80. The highest BCUT2D eigenvalue weighted by Gasteiger charge is 2.30. The molecule has 0 aromatic carbocycles. The van der Waals surface area contributed by atoms with E-state index in [-0.39, 0.29) is 6.04 Å². The fraction of sp³-hybridized carbons (Fsp3) is 0.714. The van der Waals surface area contributed by atoms with Crippen LogP contribution in [0.2, 0.25) is 0 Å². The zero-order chi connectivity index (χ0) is 14.4. The molecule has 1 aliphatic heterocycles. The van der Waals surface area contributed by atoms with E-state index in [9.17, 15) is 0 Å². The lowest BCUT2D eigenvalue weighted by atomic mass is 9.96. The molecule has 2 atom stereocenters. The number of rotatable bonds is 7. The smallest absolute Gasteiger partial charge is 0.240 e. The first-order valence-electron chi connectivity index (χ1n) is 7.06. The molecule has 1 saturated heterocycles. The van der Waals surface area contributed by atoms with E-state index in [1.165, 1.54) is 12.2 Å². The Morgan fingerprint density at radius 1 is 1.45 bits per heavy atom. The maximum atomic E-state index is 5.41. The summed E-state index contributed by atoms with van der Waals surface area (Å²) in [5, 5.41) is 3.60. The molecule has 1 aliphatic rings. The summed E-state index contributed by atoms with van der Waals surface area (Å²) in [4.78, 5) is 8.89. The van der Waals surface area contributed by atoms with Gasteiger partial charge in [-0.1, -0.05) is 6.92 Å². The monoisotopic (exact) mass is 297 g/mol. The highest BCUT2D eigenvalue weighted by Crippen LogP contribution is 2.36. The van der Waals surface area contributed by atoms with Gasteiger partial charge in [0.15, 0.2) is 0 Å². The topological polar surface area (TPSA) is 56.3 Å². The first kappa shape index (κ1) is 15.4. The second-order valence-electron chi connectivity index (χ2n) is 4.86. The summed E-state index contributed by atoms with van der Waals surface area (Å²) in [5.41, 5.74) is 0.897. The van der Waals surface area contributed by atoms with E-state index in [0.29, 0.717) is 17.7 Å². The van der Waals surface area contributed by atoms with Crippen molar-refractivity contribution in [2.24, 2.45) is 5.92 Å². The maximum absolute atomic E-state index is 5.41. The molecule has 5 nitrogen and oxygen atoms in total. The molecule has 2 unspecified atom stereocenters. The average molecular weight is 297 g/mol. The Morgan fingerprint density at radius 2 is 2.30 bits per heavy atom. The Kier molecular flexibility index (Phi) is 5.91. The van der Waals surface area contributed by atoms with E-state index in [0.717, 1.165) is 24.4 Å². The minimum absolute atomic E-state index is 0.207. The van der Waals surface area contributed by atoms with Gasteiger partial charge in [0, 0.05) is 0 Å². The lowest BCUT2D eigenvalue weighted by molar-refractivity contribution is 0.329. The van der Waals surface area contributed by atoms with Crippen LogP contribution in [-0.2, 0) is 0 Å². The predicted molar refractivity (Wildman–Crippen MR) is 81.6 cm³/mol. The number of nitrogens with one attached hydrogen (secondary N) is 1. The molecule has 0 saturated carbocycles. The van der Waals surface area contributed by atoms with Gasteiger partial charge in [-0.05, 0) is 36.8 Å². The summed E-state index contributed by atoms with van der Waals surface area (Å²) in [7, 11) is 3.22. The van der Waals surface area contributed by atoms with Crippen molar-refractivity contribution in [1.82, 2.24) is 15.3 Å². The van der Waals surface area contributed by atoms with Crippen molar-refractivity contribution in [3.63, 3.8) is 0 Å². The van der Waals surface area contributed by atoms with Crippen molar-refractivity contribution in [1.29, 1.82) is 0 Å². The Bertz CT molecular complexity index is 425. The predicted octanol–water partition coefficient (Wildman–Crippen LogP) is 2.29. The zero-order valence-electron chi connectivity index (χ0n) is 12.4. The molecule has 0 spiro atoms.